The third-order valence-corrected chi connectivity index (χ3v) is 3.57. The van der Waals surface area contributed by atoms with Gasteiger partial charge in [-0.1, -0.05) is 42.1 Å². The van der Waals surface area contributed by atoms with E-state index in [2.05, 4.69) is 0 Å². The summed E-state index contributed by atoms with van der Waals surface area (Å²) in [4.78, 5) is 1.45. The van der Waals surface area contributed by atoms with Crippen molar-refractivity contribution in [2.75, 3.05) is 0 Å². The average molecular weight is 248 g/mol. The summed E-state index contributed by atoms with van der Waals surface area (Å²) in [6, 6.07) is 14.1. The predicted octanol–water partition coefficient (Wildman–Crippen LogP) is 4.03. The maximum Gasteiger partial charge on any atom is 0.137 e. The first-order valence-electron chi connectivity index (χ1n) is 5.38. The molecule has 17 heavy (non-hydrogen) atoms. The first-order chi connectivity index (χ1) is 8.18. The van der Waals surface area contributed by atoms with Gasteiger partial charge < -0.3 is 5.11 Å². The molecule has 0 saturated carbocycles. The van der Waals surface area contributed by atoms with Crippen LogP contribution in [-0.4, -0.2) is 5.11 Å². The molecular weight excluding hydrogens is 235 g/mol. The first kappa shape index (κ1) is 12.1. The Kier molecular flexibility index (Phi) is 3.82. The van der Waals surface area contributed by atoms with Gasteiger partial charge in [-0.2, -0.15) is 0 Å². The molecule has 0 aliphatic carbocycles. The molecule has 0 unspecified atom stereocenters. The van der Waals surface area contributed by atoms with Crippen molar-refractivity contribution in [2.24, 2.45) is 0 Å². The molecular formula is C14H13FOS. The Balaban J connectivity index is 2.34. The maximum absolute atomic E-state index is 13.5. The molecule has 2 aromatic rings. The summed E-state index contributed by atoms with van der Waals surface area (Å²) in [5.41, 5.74) is 0.820. The molecule has 0 spiro atoms. The number of hydrogen-bond donors (Lipinski definition) is 1. The van der Waals surface area contributed by atoms with E-state index in [1.165, 1.54) is 17.8 Å². The topological polar surface area (TPSA) is 20.2 Å². The van der Waals surface area contributed by atoms with Crippen LogP contribution in [-0.2, 0) is 0 Å². The van der Waals surface area contributed by atoms with Crippen LogP contribution in [0.25, 0.3) is 0 Å². The summed E-state index contributed by atoms with van der Waals surface area (Å²) in [5, 5.41) is 9.64. The van der Waals surface area contributed by atoms with Gasteiger partial charge >= 0.3 is 0 Å². The number of halogens is 1. The van der Waals surface area contributed by atoms with Gasteiger partial charge in [0.25, 0.3) is 0 Å². The molecule has 88 valence electrons. The second-order valence-electron chi connectivity index (χ2n) is 3.75. The molecule has 0 bridgehead atoms. The Morgan fingerprint density at radius 1 is 1.00 bits per heavy atom. The molecule has 2 rings (SSSR count). The van der Waals surface area contributed by atoms with Crippen LogP contribution in [0.3, 0.4) is 0 Å². The Labute approximate surface area is 104 Å². The van der Waals surface area contributed by atoms with Crippen molar-refractivity contribution in [3.63, 3.8) is 0 Å². The van der Waals surface area contributed by atoms with Crippen LogP contribution in [0.15, 0.2) is 58.3 Å². The van der Waals surface area contributed by atoms with Crippen LogP contribution < -0.4 is 0 Å². The standard InChI is InChI=1S/C14H13FOS/c1-10(16)11-6-2-4-8-13(11)17-14-9-5-3-7-12(14)15/h2-10,16H,1H3/t10-/m0/s1. The molecule has 0 radical (unpaired) electrons. The fourth-order valence-electron chi connectivity index (χ4n) is 1.56. The SMILES string of the molecule is C[C@H](O)c1ccccc1Sc1ccccc1F. The van der Waals surface area contributed by atoms with Gasteiger partial charge in [-0.15, -0.1) is 0 Å². The molecule has 3 heteroatoms. The van der Waals surface area contributed by atoms with Crippen LogP contribution in [0.5, 0.6) is 0 Å². The highest BCUT2D eigenvalue weighted by Gasteiger charge is 2.10. The lowest BCUT2D eigenvalue weighted by Gasteiger charge is -2.11. The van der Waals surface area contributed by atoms with Gasteiger partial charge in [-0.3, -0.25) is 0 Å². The van der Waals surface area contributed by atoms with Crippen molar-refractivity contribution >= 4 is 11.8 Å². The minimum Gasteiger partial charge on any atom is -0.389 e. The summed E-state index contributed by atoms with van der Waals surface area (Å²) in [6.07, 6.45) is -0.550. The number of benzene rings is 2. The fraction of sp³-hybridized carbons (Fsp3) is 0.143. The second kappa shape index (κ2) is 5.34. The largest absolute Gasteiger partial charge is 0.389 e. The van der Waals surface area contributed by atoms with Crippen molar-refractivity contribution in [3.8, 4) is 0 Å². The lowest BCUT2D eigenvalue weighted by molar-refractivity contribution is 0.196. The van der Waals surface area contributed by atoms with E-state index in [9.17, 15) is 9.50 Å². The number of hydrogen-bond acceptors (Lipinski definition) is 2. The second-order valence-corrected chi connectivity index (χ2v) is 4.83. The fourth-order valence-corrected chi connectivity index (χ4v) is 2.62. The quantitative estimate of drug-likeness (QED) is 0.885. The number of rotatable bonds is 3. The van der Waals surface area contributed by atoms with Crippen molar-refractivity contribution in [1.29, 1.82) is 0 Å². The molecule has 1 nitrogen and oxygen atoms in total. The van der Waals surface area contributed by atoms with Gasteiger partial charge in [0.15, 0.2) is 0 Å². The third-order valence-electron chi connectivity index (χ3n) is 2.43. The van der Waals surface area contributed by atoms with Crippen LogP contribution in [0.2, 0.25) is 0 Å². The Bertz CT molecular complexity index is 511. The van der Waals surface area contributed by atoms with Gasteiger partial charge in [-0.25, -0.2) is 4.39 Å². The Morgan fingerprint density at radius 3 is 2.24 bits per heavy atom. The maximum atomic E-state index is 13.5. The van der Waals surface area contributed by atoms with Crippen LogP contribution in [0.4, 0.5) is 4.39 Å². The molecule has 1 N–H and O–H groups in total. The summed E-state index contributed by atoms with van der Waals surface area (Å²) >= 11 is 1.33. The van der Waals surface area contributed by atoms with Gasteiger partial charge in [0, 0.05) is 9.79 Å². The zero-order valence-electron chi connectivity index (χ0n) is 9.43. The van der Waals surface area contributed by atoms with Crippen LogP contribution in [0.1, 0.15) is 18.6 Å². The zero-order chi connectivity index (χ0) is 12.3. The van der Waals surface area contributed by atoms with E-state index in [-0.39, 0.29) is 5.82 Å². The summed E-state index contributed by atoms with van der Waals surface area (Å²) in [6.45, 7) is 1.71. The molecule has 0 amide bonds. The first-order valence-corrected chi connectivity index (χ1v) is 6.19. The Morgan fingerprint density at radius 2 is 1.59 bits per heavy atom. The van der Waals surface area contributed by atoms with Crippen molar-refractivity contribution < 1.29 is 9.50 Å². The normalized spacial score (nSPS) is 12.4. The van der Waals surface area contributed by atoms with E-state index in [1.807, 2.05) is 24.3 Å². The monoisotopic (exact) mass is 248 g/mol. The molecule has 1 atom stereocenters. The smallest absolute Gasteiger partial charge is 0.137 e. The molecule has 0 aromatic heterocycles. The third kappa shape index (κ3) is 2.87. The van der Waals surface area contributed by atoms with Crippen molar-refractivity contribution in [1.82, 2.24) is 0 Å². The van der Waals surface area contributed by atoms with Gasteiger partial charge in [0.2, 0.25) is 0 Å². The van der Waals surface area contributed by atoms with E-state index in [4.69, 9.17) is 0 Å². The highest BCUT2D eigenvalue weighted by molar-refractivity contribution is 7.99. The van der Waals surface area contributed by atoms with Gasteiger partial charge in [0.1, 0.15) is 5.82 Å². The molecule has 0 aliphatic heterocycles. The molecule has 0 heterocycles. The lowest BCUT2D eigenvalue weighted by Crippen LogP contribution is -1.93. The summed E-state index contributed by atoms with van der Waals surface area (Å²) in [7, 11) is 0. The minimum absolute atomic E-state index is 0.238. The lowest BCUT2D eigenvalue weighted by atomic mass is 10.1. The molecule has 2 aromatic carbocycles. The summed E-state index contributed by atoms with van der Waals surface area (Å²) < 4.78 is 13.5. The van der Waals surface area contributed by atoms with Crippen molar-refractivity contribution in [3.05, 3.63) is 59.9 Å². The Hall–Kier alpha value is -1.32. The van der Waals surface area contributed by atoms with E-state index < -0.39 is 6.10 Å². The highest BCUT2D eigenvalue weighted by Crippen LogP contribution is 2.34. The predicted molar refractivity (Wildman–Crippen MR) is 67.6 cm³/mol. The van der Waals surface area contributed by atoms with Crippen LogP contribution in [0, 0.1) is 5.82 Å². The van der Waals surface area contributed by atoms with Crippen molar-refractivity contribution in [2.45, 2.75) is 22.8 Å². The zero-order valence-corrected chi connectivity index (χ0v) is 10.2. The summed E-state index contributed by atoms with van der Waals surface area (Å²) in [5.74, 6) is -0.238. The highest BCUT2D eigenvalue weighted by atomic mass is 32.2. The average Bonchev–Trinajstić information content (AvgIpc) is 2.32. The number of aliphatic hydroxyl groups is 1. The van der Waals surface area contributed by atoms with E-state index >= 15 is 0 Å². The van der Waals surface area contributed by atoms with Crippen LogP contribution >= 0.6 is 11.8 Å². The number of aliphatic hydroxyl groups excluding tert-OH is 1. The minimum atomic E-state index is -0.550. The van der Waals surface area contributed by atoms with Gasteiger partial charge in [-0.05, 0) is 30.7 Å². The van der Waals surface area contributed by atoms with E-state index in [0.717, 1.165) is 10.5 Å². The molecule has 0 aliphatic rings. The molecule has 0 fully saturated rings. The van der Waals surface area contributed by atoms with E-state index in [1.54, 1.807) is 25.1 Å². The van der Waals surface area contributed by atoms with E-state index in [0.29, 0.717) is 4.90 Å². The van der Waals surface area contributed by atoms with Gasteiger partial charge in [0.05, 0.1) is 6.10 Å². The molecule has 0 saturated heterocycles.